The number of oxime groups is 1. The molecule has 0 fully saturated rings. The molecule has 8 heteroatoms. The minimum atomic E-state index is -4.53. The lowest BCUT2D eigenvalue weighted by molar-refractivity contribution is -0.154. The van der Waals surface area contributed by atoms with E-state index in [0.717, 1.165) is 5.56 Å². The first-order valence-corrected chi connectivity index (χ1v) is 5.65. The minimum absolute atomic E-state index is 0.314. The third kappa shape index (κ3) is 4.23. The largest absolute Gasteiger partial charge is 0.409 e. The molecule has 4 N–H and O–H groups in total. The third-order valence-electron chi connectivity index (χ3n) is 2.13. The van der Waals surface area contributed by atoms with Gasteiger partial charge in [0.05, 0.1) is 0 Å². The van der Waals surface area contributed by atoms with Crippen molar-refractivity contribution >= 4 is 17.2 Å². The molecule has 0 saturated heterocycles. The fraction of sp³-hybridized carbons (Fsp3) is 0.444. The van der Waals surface area contributed by atoms with Crippen molar-refractivity contribution in [2.75, 3.05) is 6.54 Å². The summed E-state index contributed by atoms with van der Waals surface area (Å²) in [7, 11) is 0. The summed E-state index contributed by atoms with van der Waals surface area (Å²) in [6, 6.07) is 1.81. The molecule has 1 aromatic rings. The van der Waals surface area contributed by atoms with Crippen LogP contribution in [0.2, 0.25) is 0 Å². The molecule has 1 aromatic heterocycles. The first-order valence-electron chi connectivity index (χ1n) is 4.71. The molecule has 0 saturated carbocycles. The van der Waals surface area contributed by atoms with Crippen molar-refractivity contribution in [2.24, 2.45) is 16.8 Å². The summed E-state index contributed by atoms with van der Waals surface area (Å²) >= 11 is 1.46. The standard InChI is InChI=1S/C9H12F3N3OS/c10-9(11,12)7(8(13)15-16)4-14-3-6-1-2-17-5-6/h1-2,5,7,14,16H,3-4H2,(H2,13,15). The smallest absolute Gasteiger partial charge is 0.400 e. The van der Waals surface area contributed by atoms with E-state index in [1.807, 2.05) is 16.8 Å². The van der Waals surface area contributed by atoms with Gasteiger partial charge in [-0.05, 0) is 22.4 Å². The zero-order valence-corrected chi connectivity index (χ0v) is 9.55. The van der Waals surface area contributed by atoms with Gasteiger partial charge in [-0.25, -0.2) is 0 Å². The molecule has 1 unspecified atom stereocenters. The van der Waals surface area contributed by atoms with Crippen molar-refractivity contribution in [3.8, 4) is 0 Å². The summed E-state index contributed by atoms with van der Waals surface area (Å²) in [5.41, 5.74) is 5.90. The van der Waals surface area contributed by atoms with E-state index in [4.69, 9.17) is 10.9 Å². The zero-order chi connectivity index (χ0) is 12.9. The highest BCUT2D eigenvalue weighted by Gasteiger charge is 2.42. The van der Waals surface area contributed by atoms with Crippen LogP contribution in [0.5, 0.6) is 0 Å². The first-order chi connectivity index (χ1) is 7.95. The molecule has 17 heavy (non-hydrogen) atoms. The van der Waals surface area contributed by atoms with E-state index >= 15 is 0 Å². The quantitative estimate of drug-likeness (QED) is 0.329. The molecule has 0 spiro atoms. The first kappa shape index (κ1) is 13.8. The van der Waals surface area contributed by atoms with Crippen LogP contribution in [-0.4, -0.2) is 23.8 Å². The van der Waals surface area contributed by atoms with E-state index in [9.17, 15) is 13.2 Å². The fourth-order valence-electron chi connectivity index (χ4n) is 1.21. The number of nitrogens with zero attached hydrogens (tertiary/aromatic N) is 1. The Morgan fingerprint density at radius 3 is 2.76 bits per heavy atom. The van der Waals surface area contributed by atoms with Gasteiger partial charge in [0.15, 0.2) is 5.84 Å². The van der Waals surface area contributed by atoms with Gasteiger partial charge in [-0.2, -0.15) is 24.5 Å². The summed E-state index contributed by atoms with van der Waals surface area (Å²) in [6.07, 6.45) is -4.53. The Morgan fingerprint density at radius 1 is 1.59 bits per heavy atom. The Hall–Kier alpha value is -1.28. The molecule has 0 aliphatic carbocycles. The number of halogens is 3. The average Bonchev–Trinajstić information content (AvgIpc) is 2.74. The topological polar surface area (TPSA) is 70.6 Å². The van der Waals surface area contributed by atoms with Crippen LogP contribution in [0.15, 0.2) is 22.0 Å². The highest BCUT2D eigenvalue weighted by atomic mass is 32.1. The summed E-state index contributed by atoms with van der Waals surface area (Å²) in [5.74, 6) is -2.82. The van der Waals surface area contributed by atoms with E-state index in [2.05, 4.69) is 10.5 Å². The average molecular weight is 267 g/mol. The molecule has 0 aliphatic heterocycles. The Balaban J connectivity index is 2.51. The van der Waals surface area contributed by atoms with E-state index in [1.165, 1.54) is 11.3 Å². The molecule has 1 heterocycles. The number of hydrogen-bond donors (Lipinski definition) is 3. The van der Waals surface area contributed by atoms with Crippen LogP contribution in [0.25, 0.3) is 0 Å². The number of alkyl halides is 3. The van der Waals surface area contributed by atoms with Crippen LogP contribution in [-0.2, 0) is 6.54 Å². The van der Waals surface area contributed by atoms with Crippen molar-refractivity contribution in [1.82, 2.24) is 5.32 Å². The van der Waals surface area contributed by atoms with Gasteiger partial charge in [-0.3, -0.25) is 0 Å². The predicted molar refractivity (Wildman–Crippen MR) is 59.0 cm³/mol. The molecule has 0 amide bonds. The second-order valence-electron chi connectivity index (χ2n) is 3.38. The lowest BCUT2D eigenvalue weighted by atomic mass is 10.1. The lowest BCUT2D eigenvalue weighted by Gasteiger charge is -2.19. The van der Waals surface area contributed by atoms with Crippen LogP contribution in [0, 0.1) is 5.92 Å². The van der Waals surface area contributed by atoms with Crippen LogP contribution in [0.3, 0.4) is 0 Å². The number of hydrogen-bond acceptors (Lipinski definition) is 4. The SMILES string of the molecule is N/C(=N/O)C(CNCc1ccsc1)C(F)(F)F. The Bertz CT molecular complexity index is 364. The molecule has 0 aromatic carbocycles. The molecular weight excluding hydrogens is 255 g/mol. The second kappa shape index (κ2) is 5.87. The fourth-order valence-corrected chi connectivity index (χ4v) is 1.88. The van der Waals surface area contributed by atoms with Gasteiger partial charge in [0.25, 0.3) is 0 Å². The Labute approximate surface area is 99.9 Å². The minimum Gasteiger partial charge on any atom is -0.409 e. The molecule has 1 atom stereocenters. The maximum atomic E-state index is 12.5. The van der Waals surface area contributed by atoms with Gasteiger partial charge in [0, 0.05) is 13.1 Å². The summed E-state index contributed by atoms with van der Waals surface area (Å²) in [4.78, 5) is 0. The number of nitrogens with one attached hydrogen (secondary N) is 1. The van der Waals surface area contributed by atoms with Gasteiger partial charge in [0.2, 0.25) is 0 Å². The highest BCUT2D eigenvalue weighted by Crippen LogP contribution is 2.25. The molecular formula is C9H12F3N3OS. The molecule has 96 valence electrons. The predicted octanol–water partition coefficient (Wildman–Crippen LogP) is 1.76. The van der Waals surface area contributed by atoms with Gasteiger partial charge in [-0.1, -0.05) is 5.16 Å². The van der Waals surface area contributed by atoms with Gasteiger partial charge < -0.3 is 16.3 Å². The van der Waals surface area contributed by atoms with Gasteiger partial charge in [0.1, 0.15) is 5.92 Å². The number of thiophene rings is 1. The third-order valence-corrected chi connectivity index (χ3v) is 2.86. The maximum absolute atomic E-state index is 12.5. The van der Waals surface area contributed by atoms with E-state index in [1.54, 1.807) is 0 Å². The second-order valence-corrected chi connectivity index (χ2v) is 4.16. The summed E-state index contributed by atoms with van der Waals surface area (Å²) in [5, 5.41) is 17.0. The molecule has 0 aliphatic rings. The monoisotopic (exact) mass is 267 g/mol. The number of amidine groups is 1. The summed E-state index contributed by atoms with van der Waals surface area (Å²) < 4.78 is 37.5. The lowest BCUT2D eigenvalue weighted by Crippen LogP contribution is -2.42. The van der Waals surface area contributed by atoms with Crippen LogP contribution < -0.4 is 11.1 Å². The Morgan fingerprint density at radius 2 is 2.29 bits per heavy atom. The van der Waals surface area contributed by atoms with Crippen molar-refractivity contribution in [3.63, 3.8) is 0 Å². The van der Waals surface area contributed by atoms with E-state index in [-0.39, 0.29) is 0 Å². The molecule has 0 radical (unpaired) electrons. The van der Waals surface area contributed by atoms with Crippen LogP contribution in [0.1, 0.15) is 5.56 Å². The summed E-state index contributed by atoms with van der Waals surface area (Å²) in [6.45, 7) is -0.107. The van der Waals surface area contributed by atoms with Crippen LogP contribution >= 0.6 is 11.3 Å². The molecule has 4 nitrogen and oxygen atoms in total. The normalized spacial score (nSPS) is 14.9. The molecule has 0 bridgehead atoms. The number of rotatable bonds is 5. The van der Waals surface area contributed by atoms with Gasteiger partial charge in [-0.15, -0.1) is 0 Å². The number of nitrogens with two attached hydrogens (primary N) is 1. The van der Waals surface area contributed by atoms with Gasteiger partial charge >= 0.3 is 6.18 Å². The van der Waals surface area contributed by atoms with E-state index in [0.29, 0.717) is 6.54 Å². The molecule has 1 rings (SSSR count). The van der Waals surface area contributed by atoms with Crippen molar-refractivity contribution < 1.29 is 18.4 Å². The van der Waals surface area contributed by atoms with Crippen LogP contribution in [0.4, 0.5) is 13.2 Å². The van der Waals surface area contributed by atoms with Crippen molar-refractivity contribution in [1.29, 1.82) is 0 Å². The van der Waals surface area contributed by atoms with E-state index < -0.39 is 24.5 Å². The van der Waals surface area contributed by atoms with Crippen molar-refractivity contribution in [3.05, 3.63) is 22.4 Å². The Kier molecular flexibility index (Phi) is 4.76. The zero-order valence-electron chi connectivity index (χ0n) is 8.74. The van der Waals surface area contributed by atoms with Crippen molar-refractivity contribution in [2.45, 2.75) is 12.7 Å². The maximum Gasteiger partial charge on any atom is 0.400 e. The highest BCUT2D eigenvalue weighted by molar-refractivity contribution is 7.07.